The second-order valence-electron chi connectivity index (χ2n) is 2.50. The molecule has 0 rings (SSSR count). The van der Waals surface area contributed by atoms with Crippen molar-refractivity contribution in [1.29, 1.82) is 0 Å². The Morgan fingerprint density at radius 3 is 2.67 bits per heavy atom. The summed E-state index contributed by atoms with van der Waals surface area (Å²) < 4.78 is 4.44. The number of unbranched alkanes of at least 4 members (excludes halogenated alkanes) is 3. The first-order valence-electron chi connectivity index (χ1n) is 4.16. The Balaban J connectivity index is 3.24. The van der Waals surface area contributed by atoms with Crippen LogP contribution in [-0.4, -0.2) is 13.1 Å². The average Bonchev–Trinajstić information content (AvgIpc) is 2.10. The van der Waals surface area contributed by atoms with E-state index in [2.05, 4.69) is 11.3 Å². The summed E-state index contributed by atoms with van der Waals surface area (Å²) in [6, 6.07) is 0. The molecule has 12 heavy (non-hydrogen) atoms. The topological polar surface area (TPSA) is 26.3 Å². The summed E-state index contributed by atoms with van der Waals surface area (Å²) in [5.74, 6) is -0.279. The van der Waals surface area contributed by atoms with E-state index in [9.17, 15) is 4.79 Å². The maximum absolute atomic E-state index is 10.6. The molecule has 0 aliphatic heterocycles. The lowest BCUT2D eigenvalue weighted by atomic mass is 10.2. The average molecular weight is 168 g/mol. The number of ether oxygens (including phenoxy) is 1. The van der Waals surface area contributed by atoms with Crippen molar-refractivity contribution in [3.63, 3.8) is 0 Å². The highest BCUT2D eigenvalue weighted by molar-refractivity contribution is 5.81. The molecule has 0 amide bonds. The van der Waals surface area contributed by atoms with E-state index in [1.165, 1.54) is 13.2 Å². The van der Waals surface area contributed by atoms with Crippen LogP contribution in [0.5, 0.6) is 0 Å². The van der Waals surface area contributed by atoms with Gasteiger partial charge in [-0.15, -0.1) is 6.58 Å². The molecular weight excluding hydrogens is 152 g/mol. The van der Waals surface area contributed by atoms with Crippen molar-refractivity contribution in [3.05, 3.63) is 24.8 Å². The fraction of sp³-hybridized carbons (Fsp3) is 0.500. The van der Waals surface area contributed by atoms with Crippen molar-refractivity contribution >= 4 is 5.97 Å². The van der Waals surface area contributed by atoms with Crippen molar-refractivity contribution in [3.8, 4) is 0 Å². The summed E-state index contributed by atoms with van der Waals surface area (Å²) in [5, 5.41) is 0. The molecule has 0 saturated carbocycles. The summed E-state index contributed by atoms with van der Waals surface area (Å²) >= 11 is 0. The zero-order chi connectivity index (χ0) is 9.23. The molecule has 0 radical (unpaired) electrons. The molecule has 0 N–H and O–H groups in total. The predicted octanol–water partition coefficient (Wildman–Crippen LogP) is 2.46. The maximum Gasteiger partial charge on any atom is 0.330 e. The predicted molar refractivity (Wildman–Crippen MR) is 49.8 cm³/mol. The zero-order valence-electron chi connectivity index (χ0n) is 7.58. The third kappa shape index (κ3) is 7.06. The SMILES string of the molecule is C=CCCCCC=CC(=O)OC. The van der Waals surface area contributed by atoms with Gasteiger partial charge in [-0.2, -0.15) is 0 Å². The maximum atomic E-state index is 10.6. The highest BCUT2D eigenvalue weighted by Crippen LogP contribution is 2.00. The molecule has 0 aromatic carbocycles. The van der Waals surface area contributed by atoms with Crippen LogP contribution >= 0.6 is 0 Å². The quantitative estimate of drug-likeness (QED) is 0.263. The molecule has 0 aromatic rings. The normalized spacial score (nSPS) is 10.1. The number of allylic oxidation sites excluding steroid dienone is 2. The first kappa shape index (κ1) is 11.0. The first-order valence-corrected chi connectivity index (χ1v) is 4.16. The van der Waals surface area contributed by atoms with Crippen LogP contribution in [0.15, 0.2) is 24.8 Å². The van der Waals surface area contributed by atoms with Gasteiger partial charge < -0.3 is 4.74 Å². The molecule has 0 fully saturated rings. The number of hydrogen-bond acceptors (Lipinski definition) is 2. The van der Waals surface area contributed by atoms with Crippen molar-refractivity contribution < 1.29 is 9.53 Å². The van der Waals surface area contributed by atoms with E-state index in [0.29, 0.717) is 0 Å². The fourth-order valence-corrected chi connectivity index (χ4v) is 0.798. The molecule has 0 atom stereocenters. The summed E-state index contributed by atoms with van der Waals surface area (Å²) in [6.07, 6.45) is 9.43. The van der Waals surface area contributed by atoms with Crippen LogP contribution in [0, 0.1) is 0 Å². The Labute approximate surface area is 73.9 Å². The van der Waals surface area contributed by atoms with Gasteiger partial charge >= 0.3 is 5.97 Å². The molecule has 0 bridgehead atoms. The van der Waals surface area contributed by atoms with E-state index in [1.54, 1.807) is 0 Å². The van der Waals surface area contributed by atoms with Crippen LogP contribution < -0.4 is 0 Å². The van der Waals surface area contributed by atoms with Gasteiger partial charge in [0.1, 0.15) is 0 Å². The van der Waals surface area contributed by atoms with Crippen molar-refractivity contribution in [2.75, 3.05) is 7.11 Å². The number of esters is 1. The van der Waals surface area contributed by atoms with Gasteiger partial charge in [0.15, 0.2) is 0 Å². The summed E-state index contributed by atoms with van der Waals surface area (Å²) in [7, 11) is 1.38. The minimum atomic E-state index is -0.279. The van der Waals surface area contributed by atoms with E-state index < -0.39 is 0 Å². The molecule has 68 valence electrons. The summed E-state index contributed by atoms with van der Waals surface area (Å²) in [4.78, 5) is 10.6. The van der Waals surface area contributed by atoms with Crippen molar-refractivity contribution in [1.82, 2.24) is 0 Å². The van der Waals surface area contributed by atoms with Crippen molar-refractivity contribution in [2.24, 2.45) is 0 Å². The minimum absolute atomic E-state index is 0.279. The Morgan fingerprint density at radius 2 is 2.08 bits per heavy atom. The Kier molecular flexibility index (Phi) is 7.35. The fourth-order valence-electron chi connectivity index (χ4n) is 0.798. The first-order chi connectivity index (χ1) is 5.81. The molecule has 2 nitrogen and oxygen atoms in total. The second-order valence-corrected chi connectivity index (χ2v) is 2.50. The van der Waals surface area contributed by atoms with Crippen LogP contribution in [0.25, 0.3) is 0 Å². The monoisotopic (exact) mass is 168 g/mol. The molecule has 2 heteroatoms. The van der Waals surface area contributed by atoms with Crippen LogP contribution in [0.4, 0.5) is 0 Å². The van der Waals surface area contributed by atoms with E-state index in [4.69, 9.17) is 0 Å². The lowest BCUT2D eigenvalue weighted by Crippen LogP contribution is -1.93. The van der Waals surface area contributed by atoms with Crippen LogP contribution in [0.1, 0.15) is 25.7 Å². The Morgan fingerprint density at radius 1 is 1.42 bits per heavy atom. The van der Waals surface area contributed by atoms with E-state index in [-0.39, 0.29) is 5.97 Å². The number of carbonyl (C=O) groups excluding carboxylic acids is 1. The molecule has 0 spiro atoms. The van der Waals surface area contributed by atoms with Crippen LogP contribution in [0.3, 0.4) is 0 Å². The number of hydrogen-bond donors (Lipinski definition) is 0. The Hall–Kier alpha value is -1.05. The zero-order valence-corrected chi connectivity index (χ0v) is 7.58. The van der Waals surface area contributed by atoms with Gasteiger partial charge in [0.25, 0.3) is 0 Å². The number of methoxy groups -OCH3 is 1. The molecule has 0 aliphatic rings. The summed E-state index contributed by atoms with van der Waals surface area (Å²) in [6.45, 7) is 3.63. The highest BCUT2D eigenvalue weighted by Gasteiger charge is 1.88. The smallest absolute Gasteiger partial charge is 0.330 e. The second kappa shape index (κ2) is 8.05. The molecule has 0 unspecified atom stereocenters. The molecule has 0 saturated heterocycles. The molecule has 0 aliphatic carbocycles. The van der Waals surface area contributed by atoms with Crippen molar-refractivity contribution in [2.45, 2.75) is 25.7 Å². The van der Waals surface area contributed by atoms with E-state index in [0.717, 1.165) is 25.7 Å². The van der Waals surface area contributed by atoms with Crippen LogP contribution in [0.2, 0.25) is 0 Å². The van der Waals surface area contributed by atoms with Gasteiger partial charge in [0.2, 0.25) is 0 Å². The largest absolute Gasteiger partial charge is 0.466 e. The molecule has 0 aromatic heterocycles. The Bertz CT molecular complexity index is 159. The minimum Gasteiger partial charge on any atom is -0.466 e. The van der Waals surface area contributed by atoms with Crippen LogP contribution in [-0.2, 0) is 9.53 Å². The molecule has 0 heterocycles. The lowest BCUT2D eigenvalue weighted by Gasteiger charge is -1.92. The van der Waals surface area contributed by atoms with Gasteiger partial charge in [-0.25, -0.2) is 4.79 Å². The summed E-state index contributed by atoms with van der Waals surface area (Å²) in [5.41, 5.74) is 0. The lowest BCUT2D eigenvalue weighted by molar-refractivity contribution is -0.134. The van der Waals surface area contributed by atoms with Gasteiger partial charge in [-0.3, -0.25) is 0 Å². The van der Waals surface area contributed by atoms with Gasteiger partial charge in [0.05, 0.1) is 7.11 Å². The van der Waals surface area contributed by atoms with Gasteiger partial charge in [-0.1, -0.05) is 12.2 Å². The van der Waals surface area contributed by atoms with E-state index >= 15 is 0 Å². The molecular formula is C10H16O2. The third-order valence-electron chi connectivity index (χ3n) is 1.48. The number of rotatable bonds is 6. The third-order valence-corrected chi connectivity index (χ3v) is 1.48. The highest BCUT2D eigenvalue weighted by atomic mass is 16.5. The van der Waals surface area contributed by atoms with Gasteiger partial charge in [0, 0.05) is 6.08 Å². The standard InChI is InChI=1S/C10H16O2/c1-3-4-5-6-7-8-9-10(11)12-2/h3,8-9H,1,4-7H2,2H3. The number of carbonyl (C=O) groups is 1. The van der Waals surface area contributed by atoms with E-state index in [1.807, 2.05) is 12.2 Å². The van der Waals surface area contributed by atoms with Gasteiger partial charge in [-0.05, 0) is 25.7 Å².